The summed E-state index contributed by atoms with van der Waals surface area (Å²) in [7, 11) is -3.74. The molecule has 2 aromatic rings. The SMILES string of the molecule is O=C(Nc1ccc(Br)cc1)[C@H]1CCCN1S(=O)(=O)c1ccc(Cl)cc1. The van der Waals surface area contributed by atoms with Crippen molar-refractivity contribution in [2.24, 2.45) is 0 Å². The van der Waals surface area contributed by atoms with Crippen molar-refractivity contribution in [3.63, 3.8) is 0 Å². The van der Waals surface area contributed by atoms with Crippen LogP contribution < -0.4 is 5.32 Å². The van der Waals surface area contributed by atoms with E-state index in [1.165, 1.54) is 28.6 Å². The van der Waals surface area contributed by atoms with Crippen LogP contribution in [-0.4, -0.2) is 31.2 Å². The molecule has 0 aliphatic carbocycles. The summed E-state index contributed by atoms with van der Waals surface area (Å²) in [6, 6.07) is 12.4. The Morgan fingerprint density at radius 3 is 2.40 bits per heavy atom. The van der Waals surface area contributed by atoms with Gasteiger partial charge in [-0.3, -0.25) is 4.79 Å². The van der Waals surface area contributed by atoms with Gasteiger partial charge in [0.05, 0.1) is 4.90 Å². The van der Waals surface area contributed by atoms with Gasteiger partial charge in [0, 0.05) is 21.7 Å². The Labute approximate surface area is 160 Å². The predicted octanol–water partition coefficient (Wildman–Crippen LogP) is 3.89. The normalized spacial score (nSPS) is 18.2. The molecule has 3 rings (SSSR count). The minimum atomic E-state index is -3.74. The summed E-state index contributed by atoms with van der Waals surface area (Å²) < 4.78 is 27.9. The topological polar surface area (TPSA) is 66.5 Å². The lowest BCUT2D eigenvalue weighted by molar-refractivity contribution is -0.119. The Bertz CT molecular complexity index is 870. The van der Waals surface area contributed by atoms with Crippen molar-refractivity contribution in [3.8, 4) is 0 Å². The van der Waals surface area contributed by atoms with E-state index in [9.17, 15) is 13.2 Å². The first-order valence-electron chi connectivity index (χ1n) is 7.72. The maximum absolute atomic E-state index is 12.9. The molecule has 2 aromatic carbocycles. The lowest BCUT2D eigenvalue weighted by Gasteiger charge is -2.23. The third kappa shape index (κ3) is 4.06. The van der Waals surface area contributed by atoms with Gasteiger partial charge in [-0.05, 0) is 61.4 Å². The molecular weight excluding hydrogens is 428 g/mol. The summed E-state index contributed by atoms with van der Waals surface area (Å²) >= 11 is 9.16. The molecule has 8 heteroatoms. The largest absolute Gasteiger partial charge is 0.325 e. The van der Waals surface area contributed by atoms with Gasteiger partial charge in [-0.15, -0.1) is 0 Å². The minimum Gasteiger partial charge on any atom is -0.325 e. The van der Waals surface area contributed by atoms with Crippen molar-refractivity contribution in [2.45, 2.75) is 23.8 Å². The highest BCUT2D eigenvalue weighted by Crippen LogP contribution is 2.28. The van der Waals surface area contributed by atoms with Crippen LogP contribution in [-0.2, 0) is 14.8 Å². The Balaban J connectivity index is 1.80. The van der Waals surface area contributed by atoms with Gasteiger partial charge in [-0.2, -0.15) is 4.31 Å². The highest BCUT2D eigenvalue weighted by atomic mass is 79.9. The summed E-state index contributed by atoms with van der Waals surface area (Å²) in [5, 5.41) is 3.25. The van der Waals surface area contributed by atoms with E-state index in [4.69, 9.17) is 11.6 Å². The van der Waals surface area contributed by atoms with Crippen LogP contribution in [0.4, 0.5) is 5.69 Å². The molecule has 1 N–H and O–H groups in total. The first kappa shape index (κ1) is 18.4. The van der Waals surface area contributed by atoms with Crippen LogP contribution in [0.1, 0.15) is 12.8 Å². The highest BCUT2D eigenvalue weighted by molar-refractivity contribution is 9.10. The van der Waals surface area contributed by atoms with Gasteiger partial charge >= 0.3 is 0 Å². The molecule has 1 aliphatic rings. The van der Waals surface area contributed by atoms with Gasteiger partial charge in [0.2, 0.25) is 15.9 Å². The van der Waals surface area contributed by atoms with Crippen LogP contribution in [0.25, 0.3) is 0 Å². The van der Waals surface area contributed by atoms with Gasteiger partial charge < -0.3 is 5.32 Å². The second kappa shape index (κ2) is 7.45. The molecule has 1 fully saturated rings. The molecule has 1 atom stereocenters. The average molecular weight is 444 g/mol. The van der Waals surface area contributed by atoms with Crippen molar-refractivity contribution in [1.82, 2.24) is 4.31 Å². The number of rotatable bonds is 4. The zero-order chi connectivity index (χ0) is 18.0. The number of hydrogen-bond acceptors (Lipinski definition) is 3. The van der Waals surface area contributed by atoms with Gasteiger partial charge in [0.1, 0.15) is 6.04 Å². The summed E-state index contributed by atoms with van der Waals surface area (Å²) in [4.78, 5) is 12.7. The summed E-state index contributed by atoms with van der Waals surface area (Å²) in [6.07, 6.45) is 1.14. The smallest absolute Gasteiger partial charge is 0.243 e. The van der Waals surface area contributed by atoms with Crippen LogP contribution >= 0.6 is 27.5 Å². The first-order chi connectivity index (χ1) is 11.9. The third-order valence-corrected chi connectivity index (χ3v) is 6.74. The Hall–Kier alpha value is -1.41. The van der Waals surface area contributed by atoms with E-state index >= 15 is 0 Å². The van der Waals surface area contributed by atoms with Gasteiger partial charge in [-0.1, -0.05) is 27.5 Å². The molecule has 25 heavy (non-hydrogen) atoms. The quantitative estimate of drug-likeness (QED) is 0.779. The number of benzene rings is 2. The maximum atomic E-state index is 12.9. The number of halogens is 2. The van der Waals surface area contributed by atoms with Crippen LogP contribution in [0.3, 0.4) is 0 Å². The summed E-state index contributed by atoms with van der Waals surface area (Å²) in [6.45, 7) is 0.323. The second-order valence-electron chi connectivity index (χ2n) is 5.72. The zero-order valence-corrected chi connectivity index (χ0v) is 16.3. The fourth-order valence-electron chi connectivity index (χ4n) is 2.79. The molecule has 0 unspecified atom stereocenters. The van der Waals surface area contributed by atoms with Gasteiger partial charge in [0.25, 0.3) is 0 Å². The van der Waals surface area contributed by atoms with E-state index < -0.39 is 16.1 Å². The zero-order valence-electron chi connectivity index (χ0n) is 13.2. The van der Waals surface area contributed by atoms with E-state index in [2.05, 4.69) is 21.2 Å². The van der Waals surface area contributed by atoms with Crippen molar-refractivity contribution in [3.05, 3.63) is 58.0 Å². The number of hydrogen-bond donors (Lipinski definition) is 1. The van der Waals surface area contributed by atoms with Crippen molar-refractivity contribution >= 4 is 49.1 Å². The monoisotopic (exact) mass is 442 g/mol. The maximum Gasteiger partial charge on any atom is 0.243 e. The number of carbonyl (C=O) groups excluding carboxylic acids is 1. The van der Waals surface area contributed by atoms with E-state index in [0.29, 0.717) is 30.1 Å². The van der Waals surface area contributed by atoms with Crippen LogP contribution in [0.15, 0.2) is 57.9 Å². The van der Waals surface area contributed by atoms with E-state index in [-0.39, 0.29) is 10.8 Å². The molecule has 1 heterocycles. The molecule has 0 spiro atoms. The number of nitrogens with one attached hydrogen (secondary N) is 1. The van der Waals surface area contributed by atoms with E-state index in [1.807, 2.05) is 12.1 Å². The number of nitrogens with zero attached hydrogens (tertiary/aromatic N) is 1. The highest BCUT2D eigenvalue weighted by Gasteiger charge is 2.39. The predicted molar refractivity (Wildman–Crippen MR) is 101 cm³/mol. The number of carbonyl (C=O) groups is 1. The first-order valence-corrected chi connectivity index (χ1v) is 10.3. The molecule has 5 nitrogen and oxygen atoms in total. The Morgan fingerprint density at radius 1 is 1.12 bits per heavy atom. The lowest BCUT2D eigenvalue weighted by Crippen LogP contribution is -2.43. The third-order valence-electron chi connectivity index (χ3n) is 4.04. The molecule has 0 aromatic heterocycles. The lowest BCUT2D eigenvalue weighted by atomic mass is 10.2. The fourth-order valence-corrected chi connectivity index (χ4v) is 4.84. The number of amides is 1. The Morgan fingerprint density at radius 2 is 1.76 bits per heavy atom. The summed E-state index contributed by atoms with van der Waals surface area (Å²) in [5.74, 6) is -0.322. The van der Waals surface area contributed by atoms with Gasteiger partial charge in [-0.25, -0.2) is 8.42 Å². The number of sulfonamides is 1. The number of anilines is 1. The van der Waals surface area contributed by atoms with Crippen LogP contribution in [0.2, 0.25) is 5.02 Å². The Kier molecular flexibility index (Phi) is 5.48. The average Bonchev–Trinajstić information content (AvgIpc) is 3.08. The van der Waals surface area contributed by atoms with Crippen LogP contribution in [0, 0.1) is 0 Å². The molecule has 1 aliphatic heterocycles. The van der Waals surface area contributed by atoms with Crippen molar-refractivity contribution in [1.29, 1.82) is 0 Å². The molecule has 0 bridgehead atoms. The molecular formula is C17H16BrClN2O3S. The molecule has 0 saturated carbocycles. The molecule has 0 radical (unpaired) electrons. The standard InChI is InChI=1S/C17H16BrClN2O3S/c18-12-3-7-14(8-4-12)20-17(22)16-2-1-11-21(16)25(23,24)15-9-5-13(19)6-10-15/h3-10,16H,1-2,11H2,(H,20,22)/t16-/m1/s1. The molecule has 1 amide bonds. The van der Waals surface area contributed by atoms with Crippen molar-refractivity contribution in [2.75, 3.05) is 11.9 Å². The summed E-state index contributed by atoms with van der Waals surface area (Å²) in [5.41, 5.74) is 0.629. The fraction of sp³-hybridized carbons (Fsp3) is 0.235. The molecule has 1 saturated heterocycles. The van der Waals surface area contributed by atoms with E-state index in [1.54, 1.807) is 12.1 Å². The van der Waals surface area contributed by atoms with Crippen molar-refractivity contribution < 1.29 is 13.2 Å². The second-order valence-corrected chi connectivity index (χ2v) is 8.97. The molecule has 132 valence electrons. The van der Waals surface area contributed by atoms with Crippen LogP contribution in [0.5, 0.6) is 0 Å². The minimum absolute atomic E-state index is 0.139. The van der Waals surface area contributed by atoms with Gasteiger partial charge in [0.15, 0.2) is 0 Å². The van der Waals surface area contributed by atoms with E-state index in [0.717, 1.165) is 4.47 Å².